The number of azo groups is 1. The highest BCUT2D eigenvalue weighted by Crippen LogP contribution is 2.31. The number of carbonyl (C=O) groups is 2. The maximum atomic E-state index is 12.2. The Kier molecular flexibility index (Phi) is 7.61. The molecule has 35 heavy (non-hydrogen) atoms. The molecular formula is C22H24N6O7. The van der Waals surface area contributed by atoms with Crippen molar-refractivity contribution in [3.8, 4) is 5.75 Å². The minimum atomic E-state index is -1.06. The predicted octanol–water partition coefficient (Wildman–Crippen LogP) is 3.54. The van der Waals surface area contributed by atoms with Gasteiger partial charge in [-0.05, 0) is 24.3 Å². The Hall–Kier alpha value is -4.52. The minimum absolute atomic E-state index is 0.0117. The molecule has 13 nitrogen and oxygen atoms in total. The van der Waals surface area contributed by atoms with Gasteiger partial charge >= 0.3 is 12.0 Å². The first-order valence-corrected chi connectivity index (χ1v) is 10.3. The number of hydrogen-bond donors (Lipinski definition) is 3. The molecule has 184 valence electrons. The third kappa shape index (κ3) is 6.74. The lowest BCUT2D eigenvalue weighted by Gasteiger charge is -2.14. The molecule has 5 N–H and O–H groups in total. The van der Waals surface area contributed by atoms with Crippen LogP contribution < -0.4 is 27.3 Å². The number of carbonyl (C=O) groups excluding carboxylic acids is 2. The van der Waals surface area contributed by atoms with Crippen LogP contribution in [0, 0.1) is 0 Å². The molecule has 0 saturated heterocycles. The summed E-state index contributed by atoms with van der Waals surface area (Å²) in [6, 6.07) is 9.31. The van der Waals surface area contributed by atoms with Crippen LogP contribution in [0.3, 0.4) is 0 Å². The summed E-state index contributed by atoms with van der Waals surface area (Å²) >= 11 is 0. The fourth-order valence-electron chi connectivity index (χ4n) is 2.77. The van der Waals surface area contributed by atoms with Gasteiger partial charge in [-0.1, -0.05) is 32.9 Å². The van der Waals surface area contributed by atoms with Crippen molar-refractivity contribution in [1.29, 1.82) is 0 Å². The second-order valence-corrected chi connectivity index (χ2v) is 8.12. The zero-order valence-corrected chi connectivity index (χ0v) is 19.2. The van der Waals surface area contributed by atoms with Gasteiger partial charge in [-0.3, -0.25) is 4.79 Å². The molecule has 3 rings (SSSR count). The van der Waals surface area contributed by atoms with E-state index in [9.17, 15) is 14.4 Å². The van der Waals surface area contributed by atoms with Crippen LogP contribution in [0.25, 0.3) is 0 Å². The fourth-order valence-corrected chi connectivity index (χ4v) is 2.77. The Morgan fingerprint density at radius 3 is 2.49 bits per heavy atom. The van der Waals surface area contributed by atoms with Gasteiger partial charge in [0.05, 0.1) is 6.54 Å². The van der Waals surface area contributed by atoms with Gasteiger partial charge in [0.1, 0.15) is 17.2 Å². The molecule has 0 fully saturated rings. The molecule has 0 aliphatic carbocycles. The molecule has 0 aliphatic heterocycles. The standard InChI is InChI=1S/C22H24N6O7/c1-22(2,3)18-15(34-21(31)35-18)11-32-20(30)33-14-7-5-4-6-12(14)27-28-13-8-9-16(26-19(13)24)25-17(29)10-23/h4-9H,10-11,23H2,1-3H3,(H3,24,25,26,29). The lowest BCUT2D eigenvalue weighted by molar-refractivity contribution is -0.114. The summed E-state index contributed by atoms with van der Waals surface area (Å²) in [6.45, 7) is 4.88. The molecule has 0 spiro atoms. The van der Waals surface area contributed by atoms with Gasteiger partial charge in [-0.2, -0.15) is 0 Å². The number of amides is 1. The number of anilines is 2. The number of nitrogens with one attached hydrogen (secondary N) is 1. The van der Waals surface area contributed by atoms with Crippen molar-refractivity contribution >= 4 is 35.1 Å². The lowest BCUT2D eigenvalue weighted by Crippen LogP contribution is -2.22. The Labute approximate surface area is 199 Å². The van der Waals surface area contributed by atoms with E-state index in [1.54, 1.807) is 18.2 Å². The molecule has 3 aromatic rings. The van der Waals surface area contributed by atoms with Crippen molar-refractivity contribution in [2.75, 3.05) is 17.6 Å². The minimum Gasteiger partial charge on any atom is -0.426 e. The Morgan fingerprint density at radius 2 is 1.80 bits per heavy atom. The predicted molar refractivity (Wildman–Crippen MR) is 124 cm³/mol. The number of para-hydroxylation sites is 1. The van der Waals surface area contributed by atoms with Crippen LogP contribution in [0.1, 0.15) is 32.3 Å². The number of rotatable bonds is 7. The van der Waals surface area contributed by atoms with E-state index < -0.39 is 23.3 Å². The van der Waals surface area contributed by atoms with Gasteiger partial charge < -0.3 is 35.1 Å². The van der Waals surface area contributed by atoms with E-state index in [-0.39, 0.29) is 53.4 Å². The summed E-state index contributed by atoms with van der Waals surface area (Å²) < 4.78 is 20.3. The van der Waals surface area contributed by atoms with Gasteiger partial charge in [-0.15, -0.1) is 10.2 Å². The normalized spacial score (nSPS) is 11.4. The molecule has 13 heteroatoms. The summed E-state index contributed by atoms with van der Waals surface area (Å²) in [5, 5.41) is 10.6. The van der Waals surface area contributed by atoms with E-state index in [4.69, 9.17) is 29.8 Å². The second-order valence-electron chi connectivity index (χ2n) is 8.12. The van der Waals surface area contributed by atoms with Crippen molar-refractivity contribution in [3.63, 3.8) is 0 Å². The van der Waals surface area contributed by atoms with E-state index in [0.717, 1.165) is 0 Å². The largest absolute Gasteiger partial charge is 0.519 e. The van der Waals surface area contributed by atoms with Crippen LogP contribution in [-0.4, -0.2) is 23.6 Å². The number of ether oxygens (including phenoxy) is 2. The molecule has 0 radical (unpaired) electrons. The van der Waals surface area contributed by atoms with Gasteiger partial charge in [0, 0.05) is 5.41 Å². The maximum absolute atomic E-state index is 12.2. The fraction of sp³-hybridized carbons (Fsp3) is 0.273. The average molecular weight is 484 g/mol. The van der Waals surface area contributed by atoms with Gasteiger partial charge in [0.25, 0.3) is 0 Å². The molecule has 2 heterocycles. The van der Waals surface area contributed by atoms with E-state index in [1.165, 1.54) is 18.2 Å². The summed E-state index contributed by atoms with van der Waals surface area (Å²) in [7, 11) is 0. The summed E-state index contributed by atoms with van der Waals surface area (Å²) in [4.78, 5) is 39.1. The maximum Gasteiger partial charge on any atom is 0.519 e. The number of aromatic nitrogens is 1. The lowest BCUT2D eigenvalue weighted by atomic mass is 9.92. The first-order valence-electron chi connectivity index (χ1n) is 10.3. The number of pyridine rings is 1. The van der Waals surface area contributed by atoms with Gasteiger partial charge in [0.15, 0.2) is 29.7 Å². The third-order valence-corrected chi connectivity index (χ3v) is 4.33. The van der Waals surface area contributed by atoms with Crippen LogP contribution >= 0.6 is 0 Å². The number of nitrogens with two attached hydrogens (primary N) is 2. The van der Waals surface area contributed by atoms with Gasteiger partial charge in [0.2, 0.25) is 5.91 Å². The van der Waals surface area contributed by atoms with Crippen molar-refractivity contribution in [3.05, 3.63) is 58.5 Å². The highest BCUT2D eigenvalue weighted by molar-refractivity contribution is 5.91. The van der Waals surface area contributed by atoms with Crippen molar-refractivity contribution < 1.29 is 27.9 Å². The molecular weight excluding hydrogens is 460 g/mol. The summed E-state index contributed by atoms with van der Waals surface area (Å²) in [6.07, 6.45) is -1.06. The smallest absolute Gasteiger partial charge is 0.426 e. The second kappa shape index (κ2) is 10.6. The molecule has 0 atom stereocenters. The molecule has 0 saturated carbocycles. The van der Waals surface area contributed by atoms with Crippen molar-refractivity contribution in [1.82, 2.24) is 4.98 Å². The van der Waals surface area contributed by atoms with Crippen LogP contribution in [0.4, 0.5) is 27.8 Å². The van der Waals surface area contributed by atoms with Crippen LogP contribution in [0.15, 0.2) is 60.3 Å². The number of nitrogen functional groups attached to an aromatic ring is 1. The number of benzene rings is 1. The highest BCUT2D eigenvalue weighted by atomic mass is 16.7. The van der Waals surface area contributed by atoms with E-state index in [0.29, 0.717) is 0 Å². The topological polar surface area (TPSA) is 198 Å². The van der Waals surface area contributed by atoms with Gasteiger partial charge in [-0.25, -0.2) is 14.6 Å². The van der Waals surface area contributed by atoms with Crippen LogP contribution in [0.2, 0.25) is 0 Å². The Morgan fingerprint density at radius 1 is 1.09 bits per heavy atom. The monoisotopic (exact) mass is 484 g/mol. The van der Waals surface area contributed by atoms with Crippen molar-refractivity contribution in [2.24, 2.45) is 16.0 Å². The van der Waals surface area contributed by atoms with Crippen LogP contribution in [0.5, 0.6) is 5.75 Å². The van der Waals surface area contributed by atoms with Crippen molar-refractivity contribution in [2.45, 2.75) is 32.8 Å². The van der Waals surface area contributed by atoms with Crippen LogP contribution in [-0.2, 0) is 21.6 Å². The molecule has 0 bridgehead atoms. The number of hydrogen-bond acceptors (Lipinski definition) is 12. The first kappa shape index (κ1) is 25.1. The van der Waals surface area contributed by atoms with E-state index in [1.807, 2.05) is 20.8 Å². The molecule has 0 aliphatic rings. The highest BCUT2D eigenvalue weighted by Gasteiger charge is 2.27. The average Bonchev–Trinajstić information content (AvgIpc) is 3.19. The quantitative estimate of drug-likeness (QED) is 0.253. The SMILES string of the molecule is CC(C)(C)c1oc(=O)oc1COC(=O)Oc1ccccc1N=Nc1ccc(NC(=O)CN)nc1N. The Bertz CT molecular complexity index is 1310. The Balaban J connectivity index is 1.69. The zero-order valence-electron chi connectivity index (χ0n) is 19.2. The summed E-state index contributed by atoms with van der Waals surface area (Å²) in [5.74, 6) is -0.677. The third-order valence-electron chi connectivity index (χ3n) is 4.33. The zero-order chi connectivity index (χ0) is 25.6. The molecule has 1 aromatic carbocycles. The van der Waals surface area contributed by atoms with E-state index in [2.05, 4.69) is 20.5 Å². The van der Waals surface area contributed by atoms with E-state index >= 15 is 0 Å². The molecule has 1 amide bonds. The first-order chi connectivity index (χ1) is 16.6. The molecule has 0 unspecified atom stereocenters. The number of nitrogens with zero attached hydrogens (tertiary/aromatic N) is 3. The molecule has 2 aromatic heterocycles. The summed E-state index contributed by atoms with van der Waals surface area (Å²) in [5.41, 5.74) is 11.0.